The largest absolute Gasteiger partial charge is 0.495 e. The van der Waals surface area contributed by atoms with Gasteiger partial charge in [-0.25, -0.2) is 8.42 Å². The molecule has 1 atom stereocenters. The van der Waals surface area contributed by atoms with Gasteiger partial charge in [0.2, 0.25) is 0 Å². The summed E-state index contributed by atoms with van der Waals surface area (Å²) in [5, 5.41) is 0.293. The van der Waals surface area contributed by atoms with Gasteiger partial charge in [-0.2, -0.15) is 0 Å². The van der Waals surface area contributed by atoms with Crippen LogP contribution in [0.1, 0.15) is 12.5 Å². The smallest absolute Gasteiger partial charge is 0.265 e. The summed E-state index contributed by atoms with van der Waals surface area (Å²) in [4.78, 5) is 14.6. The van der Waals surface area contributed by atoms with Crippen molar-refractivity contribution in [3.63, 3.8) is 0 Å². The Kier molecular flexibility index (Phi) is 6.49. The second kappa shape index (κ2) is 9.33. The van der Waals surface area contributed by atoms with Crippen molar-refractivity contribution in [1.29, 1.82) is 0 Å². The SMILES string of the molecule is COc1ccc(NS(=O)(=O)c2ccc(OCC(=O)N3c4ccccc4C[C@H]3C)cc2)cc1Cl. The van der Waals surface area contributed by atoms with Crippen molar-refractivity contribution >= 4 is 38.9 Å². The number of hydrogen-bond donors (Lipinski definition) is 1. The average Bonchev–Trinajstić information content (AvgIpc) is 3.13. The molecular weight excluding hydrogens is 464 g/mol. The molecule has 0 saturated carbocycles. The highest BCUT2D eigenvalue weighted by Crippen LogP contribution is 2.32. The van der Waals surface area contributed by atoms with E-state index in [1.807, 2.05) is 31.2 Å². The summed E-state index contributed by atoms with van der Waals surface area (Å²) >= 11 is 6.06. The molecule has 1 aliphatic rings. The summed E-state index contributed by atoms with van der Waals surface area (Å²) in [6.45, 7) is 1.86. The molecule has 3 aromatic carbocycles. The lowest BCUT2D eigenvalue weighted by Crippen LogP contribution is -2.39. The first kappa shape index (κ1) is 22.9. The van der Waals surface area contributed by atoms with Crippen molar-refractivity contribution in [2.75, 3.05) is 23.3 Å². The zero-order valence-corrected chi connectivity index (χ0v) is 19.7. The highest BCUT2D eigenvalue weighted by Gasteiger charge is 2.30. The number of nitrogens with zero attached hydrogens (tertiary/aromatic N) is 1. The summed E-state index contributed by atoms with van der Waals surface area (Å²) in [6.07, 6.45) is 0.806. The van der Waals surface area contributed by atoms with Gasteiger partial charge in [0.1, 0.15) is 11.5 Å². The maximum atomic E-state index is 12.8. The first-order chi connectivity index (χ1) is 15.8. The van der Waals surface area contributed by atoms with E-state index >= 15 is 0 Å². The van der Waals surface area contributed by atoms with Crippen LogP contribution in [0.15, 0.2) is 71.6 Å². The van der Waals surface area contributed by atoms with E-state index in [9.17, 15) is 13.2 Å². The second-order valence-corrected chi connectivity index (χ2v) is 9.75. The number of hydrogen-bond acceptors (Lipinski definition) is 5. The number of para-hydroxylation sites is 1. The van der Waals surface area contributed by atoms with E-state index in [1.54, 1.807) is 17.0 Å². The van der Waals surface area contributed by atoms with E-state index in [4.69, 9.17) is 21.1 Å². The fourth-order valence-electron chi connectivity index (χ4n) is 3.82. The predicted molar refractivity (Wildman–Crippen MR) is 128 cm³/mol. The lowest BCUT2D eigenvalue weighted by atomic mass is 10.1. The topological polar surface area (TPSA) is 84.9 Å². The van der Waals surface area contributed by atoms with Crippen molar-refractivity contribution < 1.29 is 22.7 Å². The van der Waals surface area contributed by atoms with E-state index < -0.39 is 10.0 Å². The number of rotatable bonds is 7. The third-order valence-corrected chi connectivity index (χ3v) is 7.07. The molecule has 9 heteroatoms. The molecule has 0 aromatic heterocycles. The van der Waals surface area contributed by atoms with Crippen molar-refractivity contribution in [3.8, 4) is 11.5 Å². The number of carbonyl (C=O) groups is 1. The summed E-state index contributed by atoms with van der Waals surface area (Å²) in [7, 11) is -2.35. The molecule has 0 saturated heterocycles. The predicted octanol–water partition coefficient (Wildman–Crippen LogP) is 4.51. The number of anilines is 2. The van der Waals surface area contributed by atoms with Crippen LogP contribution < -0.4 is 19.1 Å². The molecule has 0 spiro atoms. The van der Waals surface area contributed by atoms with Gasteiger partial charge < -0.3 is 14.4 Å². The number of fused-ring (bicyclic) bond motifs is 1. The molecular formula is C24H23ClN2O5S. The molecule has 0 unspecified atom stereocenters. The number of carbonyl (C=O) groups excluding carboxylic acids is 1. The standard InChI is InChI=1S/C24H23ClN2O5S/c1-16-13-17-5-3-4-6-22(17)27(16)24(28)15-32-19-8-10-20(11-9-19)33(29,30)26-18-7-12-23(31-2)21(25)14-18/h3-12,14,16,26H,13,15H2,1-2H3/t16-/m1/s1. The summed E-state index contributed by atoms with van der Waals surface area (Å²) in [5.74, 6) is 0.694. The van der Waals surface area contributed by atoms with Crippen molar-refractivity contribution in [3.05, 3.63) is 77.3 Å². The van der Waals surface area contributed by atoms with E-state index in [1.165, 1.54) is 37.4 Å². The minimum absolute atomic E-state index is 0.0511. The molecule has 3 aromatic rings. The number of amides is 1. The Morgan fingerprint density at radius 2 is 1.85 bits per heavy atom. The van der Waals surface area contributed by atoms with Crippen LogP contribution in [-0.2, 0) is 21.2 Å². The molecule has 0 bridgehead atoms. The van der Waals surface area contributed by atoms with Gasteiger partial charge in [0.05, 0.1) is 22.7 Å². The zero-order valence-electron chi connectivity index (χ0n) is 18.1. The Bertz CT molecular complexity index is 1280. The Hall–Kier alpha value is -3.23. The zero-order chi connectivity index (χ0) is 23.6. The summed E-state index contributed by atoms with van der Waals surface area (Å²) in [5.41, 5.74) is 2.36. The highest BCUT2D eigenvalue weighted by atomic mass is 35.5. The van der Waals surface area contributed by atoms with E-state index in [0.717, 1.165) is 17.7 Å². The van der Waals surface area contributed by atoms with Crippen LogP contribution in [0.4, 0.5) is 11.4 Å². The Labute approximate surface area is 197 Å². The molecule has 1 amide bonds. The van der Waals surface area contributed by atoms with Gasteiger partial charge in [0.15, 0.2) is 6.61 Å². The van der Waals surface area contributed by atoms with Crippen LogP contribution in [0, 0.1) is 0 Å². The summed E-state index contributed by atoms with van der Waals surface area (Å²) < 4.78 is 38.6. The summed E-state index contributed by atoms with van der Waals surface area (Å²) in [6, 6.07) is 18.4. The maximum absolute atomic E-state index is 12.8. The lowest BCUT2D eigenvalue weighted by Gasteiger charge is -2.22. The van der Waals surface area contributed by atoms with E-state index in [-0.39, 0.29) is 23.5 Å². The third kappa shape index (κ3) is 4.91. The van der Waals surface area contributed by atoms with Crippen molar-refractivity contribution in [2.24, 2.45) is 0 Å². The number of sulfonamides is 1. The number of halogens is 1. The molecule has 7 nitrogen and oxygen atoms in total. The second-order valence-electron chi connectivity index (χ2n) is 7.66. The van der Waals surface area contributed by atoms with Crippen LogP contribution >= 0.6 is 11.6 Å². The van der Waals surface area contributed by atoms with E-state index in [2.05, 4.69) is 4.72 Å². The van der Waals surface area contributed by atoms with E-state index in [0.29, 0.717) is 22.2 Å². The molecule has 1 N–H and O–H groups in total. The number of nitrogens with one attached hydrogen (secondary N) is 1. The molecule has 1 heterocycles. The quantitative estimate of drug-likeness (QED) is 0.531. The van der Waals surface area contributed by atoms with Gasteiger partial charge in [-0.3, -0.25) is 9.52 Å². The van der Waals surface area contributed by atoms with Crippen LogP contribution in [0.3, 0.4) is 0 Å². The van der Waals surface area contributed by atoms with Crippen molar-refractivity contribution in [1.82, 2.24) is 0 Å². The molecule has 0 fully saturated rings. The fourth-order valence-corrected chi connectivity index (χ4v) is 5.13. The number of methoxy groups -OCH3 is 1. The van der Waals surface area contributed by atoms with Crippen molar-refractivity contribution in [2.45, 2.75) is 24.3 Å². The Morgan fingerprint density at radius 3 is 2.55 bits per heavy atom. The number of ether oxygens (including phenoxy) is 2. The fraction of sp³-hybridized carbons (Fsp3) is 0.208. The molecule has 0 radical (unpaired) electrons. The minimum atomic E-state index is -3.83. The van der Waals surface area contributed by atoms with Crippen LogP contribution in [-0.4, -0.2) is 34.1 Å². The lowest BCUT2D eigenvalue weighted by molar-refractivity contribution is -0.120. The number of benzene rings is 3. The Balaban J connectivity index is 1.40. The minimum Gasteiger partial charge on any atom is -0.495 e. The van der Waals surface area contributed by atoms with Gasteiger partial charge in [0.25, 0.3) is 15.9 Å². The normalized spacial score (nSPS) is 15.1. The first-order valence-corrected chi connectivity index (χ1v) is 12.1. The molecule has 1 aliphatic heterocycles. The van der Waals surface area contributed by atoms with Crippen LogP contribution in [0.5, 0.6) is 11.5 Å². The van der Waals surface area contributed by atoms with Crippen LogP contribution in [0.25, 0.3) is 0 Å². The highest BCUT2D eigenvalue weighted by molar-refractivity contribution is 7.92. The maximum Gasteiger partial charge on any atom is 0.265 e. The molecule has 0 aliphatic carbocycles. The van der Waals surface area contributed by atoms with Gasteiger partial charge in [-0.1, -0.05) is 29.8 Å². The Morgan fingerprint density at radius 1 is 1.12 bits per heavy atom. The van der Waals surface area contributed by atoms with Gasteiger partial charge >= 0.3 is 0 Å². The monoisotopic (exact) mass is 486 g/mol. The molecule has 4 rings (SSSR count). The van der Waals surface area contributed by atoms with Crippen LogP contribution in [0.2, 0.25) is 5.02 Å². The van der Waals surface area contributed by atoms with Gasteiger partial charge in [-0.05, 0) is 67.4 Å². The molecule has 172 valence electrons. The van der Waals surface area contributed by atoms with Gasteiger partial charge in [-0.15, -0.1) is 0 Å². The van der Waals surface area contributed by atoms with Gasteiger partial charge in [0, 0.05) is 11.7 Å². The third-order valence-electron chi connectivity index (χ3n) is 5.38. The average molecular weight is 487 g/mol. The molecule has 33 heavy (non-hydrogen) atoms. The first-order valence-electron chi connectivity index (χ1n) is 10.3.